The van der Waals surface area contributed by atoms with Crippen LogP contribution in [0, 0.1) is 6.92 Å². The van der Waals surface area contributed by atoms with Crippen molar-refractivity contribution in [1.29, 1.82) is 0 Å². The number of hydrogen-bond donors (Lipinski definition) is 3. The Balaban J connectivity index is 1.79. The molecule has 3 N–H and O–H groups in total. The number of amides is 4. The molecule has 124 valence electrons. The molecule has 0 aliphatic carbocycles. The van der Waals surface area contributed by atoms with Gasteiger partial charge in [-0.25, -0.2) is 4.79 Å². The average Bonchev–Trinajstić information content (AvgIpc) is 2.85. The summed E-state index contributed by atoms with van der Waals surface area (Å²) < 4.78 is 0. The number of rotatable bonds is 5. The van der Waals surface area contributed by atoms with E-state index >= 15 is 0 Å². The summed E-state index contributed by atoms with van der Waals surface area (Å²) in [5.41, 5.74) is 1.98. The molecule has 0 radical (unpaired) electrons. The van der Waals surface area contributed by atoms with E-state index < -0.39 is 0 Å². The van der Waals surface area contributed by atoms with Gasteiger partial charge in [0.25, 0.3) is 0 Å². The molecule has 1 aliphatic rings. The van der Waals surface area contributed by atoms with Gasteiger partial charge in [-0.05, 0) is 19.1 Å². The van der Waals surface area contributed by atoms with Crippen LogP contribution in [-0.4, -0.2) is 43.5 Å². The van der Waals surface area contributed by atoms with Crippen molar-refractivity contribution in [2.45, 2.75) is 26.3 Å². The van der Waals surface area contributed by atoms with Gasteiger partial charge in [-0.3, -0.25) is 9.59 Å². The van der Waals surface area contributed by atoms with Crippen molar-refractivity contribution in [3.63, 3.8) is 0 Å². The fraction of sp³-hybridized carbons (Fsp3) is 0.438. The summed E-state index contributed by atoms with van der Waals surface area (Å²) >= 11 is 0. The smallest absolute Gasteiger partial charge is 0.315 e. The van der Waals surface area contributed by atoms with E-state index in [1.54, 1.807) is 4.90 Å². The van der Waals surface area contributed by atoms with Crippen molar-refractivity contribution < 1.29 is 14.4 Å². The lowest BCUT2D eigenvalue weighted by atomic mass is 10.2. The molecule has 7 heteroatoms. The molecule has 4 amide bonds. The number of carbonyl (C=O) groups excluding carboxylic acids is 3. The first-order valence-electron chi connectivity index (χ1n) is 7.61. The van der Waals surface area contributed by atoms with E-state index in [1.807, 2.05) is 31.2 Å². The van der Waals surface area contributed by atoms with E-state index in [0.717, 1.165) is 11.3 Å². The highest BCUT2D eigenvalue weighted by atomic mass is 16.2. The summed E-state index contributed by atoms with van der Waals surface area (Å²) in [7, 11) is 0. The number of nitrogens with zero attached hydrogens (tertiary/aromatic N) is 1. The van der Waals surface area contributed by atoms with Crippen molar-refractivity contribution in [1.82, 2.24) is 16.0 Å². The molecule has 7 nitrogen and oxygen atoms in total. The van der Waals surface area contributed by atoms with Gasteiger partial charge in [0, 0.05) is 38.7 Å². The Labute approximate surface area is 135 Å². The minimum absolute atomic E-state index is 0.00241. The molecule has 2 rings (SSSR count). The fourth-order valence-electron chi connectivity index (χ4n) is 2.43. The van der Waals surface area contributed by atoms with E-state index in [1.165, 1.54) is 6.92 Å². The molecule has 1 heterocycles. The van der Waals surface area contributed by atoms with E-state index in [2.05, 4.69) is 16.0 Å². The van der Waals surface area contributed by atoms with Crippen LogP contribution in [0.3, 0.4) is 0 Å². The highest BCUT2D eigenvalue weighted by Crippen LogP contribution is 2.21. The van der Waals surface area contributed by atoms with Crippen LogP contribution < -0.4 is 20.9 Å². The summed E-state index contributed by atoms with van der Waals surface area (Å²) in [4.78, 5) is 36.3. The van der Waals surface area contributed by atoms with Crippen molar-refractivity contribution >= 4 is 23.5 Å². The SMILES string of the molecule is CC(=O)NCCNC(=O)NC1CC(=O)N(c2ccc(C)cc2)C1. The van der Waals surface area contributed by atoms with Crippen LogP contribution in [0.4, 0.5) is 10.5 Å². The first-order chi connectivity index (χ1) is 11.0. The van der Waals surface area contributed by atoms with Crippen LogP contribution in [-0.2, 0) is 9.59 Å². The second-order valence-corrected chi connectivity index (χ2v) is 5.62. The van der Waals surface area contributed by atoms with Gasteiger partial charge in [0.05, 0.1) is 6.04 Å². The maximum atomic E-state index is 12.1. The number of carbonyl (C=O) groups is 3. The summed E-state index contributed by atoms with van der Waals surface area (Å²) in [6, 6.07) is 7.17. The van der Waals surface area contributed by atoms with Crippen LogP contribution in [0.1, 0.15) is 18.9 Å². The quantitative estimate of drug-likeness (QED) is 0.692. The number of nitrogens with one attached hydrogen (secondary N) is 3. The first-order valence-corrected chi connectivity index (χ1v) is 7.61. The molecule has 0 saturated carbocycles. The number of hydrogen-bond acceptors (Lipinski definition) is 3. The molecule has 1 aromatic rings. The molecule has 0 aromatic heterocycles. The number of anilines is 1. The minimum atomic E-state index is -0.334. The topological polar surface area (TPSA) is 90.5 Å². The van der Waals surface area contributed by atoms with Gasteiger partial charge in [0.15, 0.2) is 0 Å². The highest BCUT2D eigenvalue weighted by molar-refractivity contribution is 5.96. The number of benzene rings is 1. The van der Waals surface area contributed by atoms with E-state index in [0.29, 0.717) is 19.6 Å². The van der Waals surface area contributed by atoms with Gasteiger partial charge in [-0.1, -0.05) is 17.7 Å². The van der Waals surface area contributed by atoms with E-state index in [9.17, 15) is 14.4 Å². The standard InChI is InChI=1S/C16H22N4O3/c1-11-3-5-14(6-4-11)20-10-13(9-15(20)22)19-16(23)18-8-7-17-12(2)21/h3-6,13H,7-10H2,1-2H3,(H,17,21)(H2,18,19,23). The Kier molecular flexibility index (Phi) is 5.56. The van der Waals surface area contributed by atoms with Crippen LogP contribution in [0.5, 0.6) is 0 Å². The number of urea groups is 1. The zero-order valence-corrected chi connectivity index (χ0v) is 13.4. The largest absolute Gasteiger partial charge is 0.355 e. The van der Waals surface area contributed by atoms with Gasteiger partial charge < -0.3 is 20.9 Å². The Morgan fingerprint density at radius 1 is 1.17 bits per heavy atom. The molecule has 0 spiro atoms. The predicted molar refractivity (Wildman–Crippen MR) is 87.2 cm³/mol. The molecule has 1 aliphatic heterocycles. The second-order valence-electron chi connectivity index (χ2n) is 5.62. The molecule has 23 heavy (non-hydrogen) atoms. The Bertz CT molecular complexity index is 585. The van der Waals surface area contributed by atoms with Gasteiger partial charge in [0.2, 0.25) is 11.8 Å². The maximum absolute atomic E-state index is 12.1. The van der Waals surface area contributed by atoms with E-state index in [-0.39, 0.29) is 30.3 Å². The van der Waals surface area contributed by atoms with Gasteiger partial charge >= 0.3 is 6.03 Å². The van der Waals surface area contributed by atoms with Crippen LogP contribution in [0.2, 0.25) is 0 Å². The van der Waals surface area contributed by atoms with Crippen LogP contribution >= 0.6 is 0 Å². The lowest BCUT2D eigenvalue weighted by Crippen LogP contribution is -2.45. The molecule has 0 bridgehead atoms. The zero-order valence-electron chi connectivity index (χ0n) is 13.4. The lowest BCUT2D eigenvalue weighted by molar-refractivity contribution is -0.119. The Morgan fingerprint density at radius 2 is 1.83 bits per heavy atom. The van der Waals surface area contributed by atoms with Crippen molar-refractivity contribution in [2.75, 3.05) is 24.5 Å². The molecule has 1 fully saturated rings. The van der Waals surface area contributed by atoms with Crippen LogP contribution in [0.25, 0.3) is 0 Å². The second kappa shape index (κ2) is 7.62. The molecular formula is C16H22N4O3. The Hall–Kier alpha value is -2.57. The number of aryl methyl sites for hydroxylation is 1. The monoisotopic (exact) mass is 318 g/mol. The highest BCUT2D eigenvalue weighted by Gasteiger charge is 2.31. The normalized spacial score (nSPS) is 17.0. The third-order valence-electron chi connectivity index (χ3n) is 3.59. The first kappa shape index (κ1) is 16.8. The maximum Gasteiger partial charge on any atom is 0.315 e. The Morgan fingerprint density at radius 3 is 2.48 bits per heavy atom. The van der Waals surface area contributed by atoms with Crippen molar-refractivity contribution in [3.05, 3.63) is 29.8 Å². The third-order valence-corrected chi connectivity index (χ3v) is 3.59. The van der Waals surface area contributed by atoms with E-state index in [4.69, 9.17) is 0 Å². The van der Waals surface area contributed by atoms with Crippen molar-refractivity contribution in [2.24, 2.45) is 0 Å². The summed E-state index contributed by atoms with van der Waals surface area (Å²) in [5, 5.41) is 8.02. The van der Waals surface area contributed by atoms with Gasteiger partial charge in [0.1, 0.15) is 0 Å². The molecule has 1 unspecified atom stereocenters. The summed E-state index contributed by atoms with van der Waals surface area (Å²) in [6.07, 6.45) is 0.285. The average molecular weight is 318 g/mol. The summed E-state index contributed by atoms with van der Waals surface area (Å²) in [5.74, 6) is -0.139. The van der Waals surface area contributed by atoms with Crippen molar-refractivity contribution in [3.8, 4) is 0 Å². The third kappa shape index (κ3) is 4.98. The fourth-order valence-corrected chi connectivity index (χ4v) is 2.43. The molecule has 1 saturated heterocycles. The lowest BCUT2D eigenvalue weighted by Gasteiger charge is -2.17. The minimum Gasteiger partial charge on any atom is -0.355 e. The summed E-state index contributed by atoms with van der Waals surface area (Å²) in [6.45, 7) is 4.59. The van der Waals surface area contributed by atoms with Gasteiger partial charge in [-0.15, -0.1) is 0 Å². The molecule has 1 atom stereocenters. The molecule has 1 aromatic carbocycles. The molecular weight excluding hydrogens is 296 g/mol. The zero-order chi connectivity index (χ0) is 16.8. The van der Waals surface area contributed by atoms with Gasteiger partial charge in [-0.2, -0.15) is 0 Å². The van der Waals surface area contributed by atoms with Crippen LogP contribution in [0.15, 0.2) is 24.3 Å². The predicted octanol–water partition coefficient (Wildman–Crippen LogP) is 0.536.